The van der Waals surface area contributed by atoms with Gasteiger partial charge in [0.25, 0.3) is 5.78 Å². The Kier molecular flexibility index (Phi) is 5.30. The van der Waals surface area contributed by atoms with E-state index in [2.05, 4.69) is 30.4 Å². The number of anilines is 2. The molecule has 4 rings (SSSR count). The minimum atomic E-state index is -0.673. The first-order valence-corrected chi connectivity index (χ1v) is 9.34. The first-order chi connectivity index (χ1) is 14.0. The molecule has 29 heavy (non-hydrogen) atoms. The fourth-order valence-corrected chi connectivity index (χ4v) is 3.31. The maximum absolute atomic E-state index is 14.1. The molecule has 0 aromatic carbocycles. The number of nitrogens with one attached hydrogen (secondary N) is 1. The highest BCUT2D eigenvalue weighted by Gasteiger charge is 2.18. The standard InChI is InChI=1S/C18H21FN8O2/c1-11-13(12(2)27-18(23-11)21-10-22-27)3-4-15(28)24-16-14(19)9-20-17(25-16)26-5-7-29-8-6-26/h9-10H,3-8H2,1-2H3,(H,20,24,25,28). The number of hydrogen-bond donors (Lipinski definition) is 1. The Hall–Kier alpha value is -3.21. The van der Waals surface area contributed by atoms with Gasteiger partial charge in [-0.2, -0.15) is 15.1 Å². The third-order valence-corrected chi connectivity index (χ3v) is 4.87. The molecule has 4 heterocycles. The van der Waals surface area contributed by atoms with E-state index >= 15 is 0 Å². The number of morpholine rings is 1. The van der Waals surface area contributed by atoms with Crippen LogP contribution in [0, 0.1) is 19.7 Å². The molecule has 0 radical (unpaired) electrons. The summed E-state index contributed by atoms with van der Waals surface area (Å²) >= 11 is 0. The number of carbonyl (C=O) groups is 1. The number of hydrogen-bond acceptors (Lipinski definition) is 8. The fraction of sp³-hybridized carbons (Fsp3) is 0.444. The topological polar surface area (TPSA) is 110 Å². The lowest BCUT2D eigenvalue weighted by atomic mass is 10.1. The van der Waals surface area contributed by atoms with E-state index in [0.29, 0.717) is 44.5 Å². The maximum Gasteiger partial charge on any atom is 0.252 e. The van der Waals surface area contributed by atoms with Crippen molar-refractivity contribution in [1.29, 1.82) is 0 Å². The summed E-state index contributed by atoms with van der Waals surface area (Å²) in [4.78, 5) is 31.0. The van der Waals surface area contributed by atoms with E-state index in [0.717, 1.165) is 23.1 Å². The van der Waals surface area contributed by atoms with Crippen molar-refractivity contribution >= 4 is 23.5 Å². The van der Waals surface area contributed by atoms with Gasteiger partial charge in [-0.25, -0.2) is 18.9 Å². The summed E-state index contributed by atoms with van der Waals surface area (Å²) in [5.41, 5.74) is 2.58. The van der Waals surface area contributed by atoms with Gasteiger partial charge < -0.3 is 15.0 Å². The van der Waals surface area contributed by atoms with E-state index in [4.69, 9.17) is 4.74 Å². The van der Waals surface area contributed by atoms with E-state index in [1.54, 1.807) is 4.52 Å². The van der Waals surface area contributed by atoms with Crippen molar-refractivity contribution in [3.63, 3.8) is 0 Å². The lowest BCUT2D eigenvalue weighted by molar-refractivity contribution is -0.116. The van der Waals surface area contributed by atoms with Crippen LogP contribution in [0.4, 0.5) is 16.2 Å². The molecule has 3 aromatic heterocycles. The van der Waals surface area contributed by atoms with Crippen LogP contribution in [0.3, 0.4) is 0 Å². The van der Waals surface area contributed by atoms with Crippen molar-refractivity contribution in [3.05, 3.63) is 35.3 Å². The molecule has 1 N–H and O–H groups in total. The first kappa shape index (κ1) is 19.1. The van der Waals surface area contributed by atoms with Crippen LogP contribution in [-0.4, -0.2) is 61.8 Å². The van der Waals surface area contributed by atoms with Crippen LogP contribution in [0.15, 0.2) is 12.5 Å². The zero-order valence-electron chi connectivity index (χ0n) is 16.2. The van der Waals surface area contributed by atoms with Gasteiger partial charge >= 0.3 is 0 Å². The Morgan fingerprint density at radius 1 is 1.24 bits per heavy atom. The molecule has 3 aromatic rings. The molecular weight excluding hydrogens is 379 g/mol. The molecule has 1 saturated heterocycles. The number of fused-ring (bicyclic) bond motifs is 1. The van der Waals surface area contributed by atoms with Crippen LogP contribution in [-0.2, 0) is 16.0 Å². The summed E-state index contributed by atoms with van der Waals surface area (Å²) in [6.07, 6.45) is 3.11. The van der Waals surface area contributed by atoms with E-state index in [1.165, 1.54) is 6.33 Å². The molecular formula is C18H21FN8O2. The summed E-state index contributed by atoms with van der Waals surface area (Å²) in [5.74, 6) is -0.240. The van der Waals surface area contributed by atoms with Crippen molar-refractivity contribution in [2.45, 2.75) is 26.7 Å². The van der Waals surface area contributed by atoms with Crippen molar-refractivity contribution in [2.75, 3.05) is 36.5 Å². The predicted octanol–water partition coefficient (Wildman–Crippen LogP) is 1.08. The third-order valence-electron chi connectivity index (χ3n) is 4.87. The molecule has 0 saturated carbocycles. The number of ether oxygens (including phenoxy) is 1. The van der Waals surface area contributed by atoms with Crippen LogP contribution < -0.4 is 10.2 Å². The molecule has 0 unspecified atom stereocenters. The molecule has 11 heteroatoms. The minimum absolute atomic E-state index is 0.121. The molecule has 1 aliphatic heterocycles. The Bertz CT molecular complexity index is 1050. The highest BCUT2D eigenvalue weighted by molar-refractivity contribution is 5.90. The van der Waals surface area contributed by atoms with Gasteiger partial charge in [-0.1, -0.05) is 0 Å². The number of aryl methyl sites for hydroxylation is 2. The predicted molar refractivity (Wildman–Crippen MR) is 102 cm³/mol. The highest BCUT2D eigenvalue weighted by atomic mass is 19.1. The Balaban J connectivity index is 1.45. The number of carbonyl (C=O) groups excluding carboxylic acids is 1. The number of rotatable bonds is 5. The van der Waals surface area contributed by atoms with Gasteiger partial charge in [-0.15, -0.1) is 0 Å². The lowest BCUT2D eigenvalue weighted by Crippen LogP contribution is -2.37. The molecule has 10 nitrogen and oxygen atoms in total. The maximum atomic E-state index is 14.1. The Morgan fingerprint density at radius 2 is 2.03 bits per heavy atom. The van der Waals surface area contributed by atoms with Gasteiger partial charge in [-0.05, 0) is 25.8 Å². The quantitative estimate of drug-likeness (QED) is 0.677. The molecule has 1 fully saturated rings. The van der Waals surface area contributed by atoms with Crippen LogP contribution >= 0.6 is 0 Å². The molecule has 152 valence electrons. The summed E-state index contributed by atoms with van der Waals surface area (Å²) < 4.78 is 21.1. The molecule has 0 spiro atoms. The number of nitrogens with zero attached hydrogens (tertiary/aromatic N) is 7. The van der Waals surface area contributed by atoms with Gasteiger partial charge in [0.1, 0.15) is 6.33 Å². The van der Waals surface area contributed by atoms with Crippen LogP contribution in [0.25, 0.3) is 5.78 Å². The third kappa shape index (κ3) is 3.99. The van der Waals surface area contributed by atoms with E-state index in [9.17, 15) is 9.18 Å². The zero-order chi connectivity index (χ0) is 20.4. The van der Waals surface area contributed by atoms with Crippen molar-refractivity contribution in [1.82, 2.24) is 29.5 Å². The zero-order valence-corrected chi connectivity index (χ0v) is 16.2. The second-order valence-corrected chi connectivity index (χ2v) is 6.75. The molecule has 1 aliphatic rings. The van der Waals surface area contributed by atoms with Crippen molar-refractivity contribution in [3.8, 4) is 0 Å². The van der Waals surface area contributed by atoms with E-state index < -0.39 is 5.82 Å². The molecule has 1 amide bonds. The average Bonchev–Trinajstić information content (AvgIpc) is 3.19. The monoisotopic (exact) mass is 400 g/mol. The van der Waals surface area contributed by atoms with Crippen molar-refractivity contribution < 1.29 is 13.9 Å². The van der Waals surface area contributed by atoms with Crippen molar-refractivity contribution in [2.24, 2.45) is 0 Å². The van der Waals surface area contributed by atoms with Gasteiger partial charge in [0.05, 0.1) is 19.4 Å². The van der Waals surface area contributed by atoms with Gasteiger partial charge in [0, 0.05) is 30.9 Å². The smallest absolute Gasteiger partial charge is 0.252 e. The largest absolute Gasteiger partial charge is 0.378 e. The SMILES string of the molecule is Cc1nc2ncnn2c(C)c1CCC(=O)Nc1nc(N2CCOCC2)ncc1F. The second kappa shape index (κ2) is 8.03. The minimum Gasteiger partial charge on any atom is -0.378 e. The first-order valence-electron chi connectivity index (χ1n) is 9.34. The Morgan fingerprint density at radius 3 is 2.83 bits per heavy atom. The summed E-state index contributed by atoms with van der Waals surface area (Å²) in [6.45, 7) is 6.14. The van der Waals surface area contributed by atoms with E-state index in [1.807, 2.05) is 18.7 Å². The number of aromatic nitrogens is 6. The normalized spacial score (nSPS) is 14.4. The van der Waals surface area contributed by atoms with Crippen LogP contribution in [0.1, 0.15) is 23.4 Å². The summed E-state index contributed by atoms with van der Waals surface area (Å²) in [7, 11) is 0. The Labute approximate surface area is 166 Å². The van der Waals surface area contributed by atoms with Gasteiger partial charge in [0.15, 0.2) is 11.6 Å². The number of halogens is 1. The molecule has 0 aliphatic carbocycles. The van der Waals surface area contributed by atoms with Crippen LogP contribution in [0.2, 0.25) is 0 Å². The van der Waals surface area contributed by atoms with Gasteiger partial charge in [-0.3, -0.25) is 4.79 Å². The van der Waals surface area contributed by atoms with Gasteiger partial charge in [0.2, 0.25) is 11.9 Å². The fourth-order valence-electron chi connectivity index (χ4n) is 3.31. The summed E-state index contributed by atoms with van der Waals surface area (Å²) in [5, 5.41) is 6.70. The highest BCUT2D eigenvalue weighted by Crippen LogP contribution is 2.18. The van der Waals surface area contributed by atoms with E-state index in [-0.39, 0.29) is 18.1 Å². The molecule has 0 atom stereocenters. The summed E-state index contributed by atoms with van der Waals surface area (Å²) in [6, 6.07) is 0. The average molecular weight is 400 g/mol. The second-order valence-electron chi connectivity index (χ2n) is 6.75. The molecule has 0 bridgehead atoms. The number of amides is 1. The lowest BCUT2D eigenvalue weighted by Gasteiger charge is -2.26. The van der Waals surface area contributed by atoms with Crippen LogP contribution in [0.5, 0.6) is 0 Å².